The van der Waals surface area contributed by atoms with Gasteiger partial charge in [0.25, 0.3) is 5.91 Å². The summed E-state index contributed by atoms with van der Waals surface area (Å²) in [5, 5.41) is 3.62. The third-order valence-electron chi connectivity index (χ3n) is 6.15. The van der Waals surface area contributed by atoms with Crippen LogP contribution in [0, 0.1) is 5.92 Å². The minimum absolute atomic E-state index is 0.0222. The molecule has 0 fully saturated rings. The fourth-order valence-corrected chi connectivity index (χ4v) is 4.64. The van der Waals surface area contributed by atoms with Crippen molar-refractivity contribution in [2.75, 3.05) is 26.0 Å². The number of likely N-dealkylation sites (N-methyl/N-ethyl adjacent to an activating group) is 1. The minimum atomic E-state index is -0.198. The second-order valence-corrected chi connectivity index (χ2v) is 9.33. The molecular formula is C28H32N2O2. The molecule has 166 valence electrons. The van der Waals surface area contributed by atoms with Gasteiger partial charge >= 0.3 is 0 Å². The molecule has 0 radical (unpaired) electrons. The predicted octanol–water partition coefficient (Wildman–Crippen LogP) is 6.00. The number of hydrogen-bond donors (Lipinski definition) is 1. The minimum Gasteiger partial charge on any atom is -0.500 e. The highest BCUT2D eigenvalue weighted by Crippen LogP contribution is 2.38. The van der Waals surface area contributed by atoms with Gasteiger partial charge in [-0.15, -0.1) is 0 Å². The molecule has 0 aromatic heterocycles. The van der Waals surface area contributed by atoms with E-state index in [1.54, 1.807) is 12.0 Å². The van der Waals surface area contributed by atoms with Gasteiger partial charge in [0.15, 0.2) is 0 Å². The van der Waals surface area contributed by atoms with Gasteiger partial charge in [0.2, 0.25) is 0 Å². The highest BCUT2D eigenvalue weighted by Gasteiger charge is 2.27. The van der Waals surface area contributed by atoms with Crippen LogP contribution in [0.15, 0.2) is 72.5 Å². The van der Waals surface area contributed by atoms with Crippen LogP contribution < -0.4 is 5.32 Å². The van der Waals surface area contributed by atoms with Crippen LogP contribution in [-0.2, 0) is 4.74 Å². The third kappa shape index (κ3) is 4.36. The zero-order chi connectivity index (χ0) is 22.9. The molecule has 0 bridgehead atoms. The topological polar surface area (TPSA) is 41.6 Å². The van der Waals surface area contributed by atoms with Crippen molar-refractivity contribution in [1.82, 2.24) is 4.90 Å². The van der Waals surface area contributed by atoms with Crippen LogP contribution in [0.1, 0.15) is 48.7 Å². The van der Waals surface area contributed by atoms with Gasteiger partial charge in [0, 0.05) is 41.9 Å². The van der Waals surface area contributed by atoms with Crippen LogP contribution in [0.2, 0.25) is 0 Å². The average molecular weight is 429 g/mol. The number of amides is 1. The second kappa shape index (κ2) is 8.70. The summed E-state index contributed by atoms with van der Waals surface area (Å²) in [6.45, 7) is 7.04. The molecule has 1 heterocycles. The summed E-state index contributed by atoms with van der Waals surface area (Å²) < 4.78 is 5.76. The number of nitrogens with zero attached hydrogens (tertiary/aromatic N) is 1. The lowest BCUT2D eigenvalue weighted by Gasteiger charge is -2.34. The van der Waals surface area contributed by atoms with Crippen LogP contribution in [0.4, 0.5) is 5.69 Å². The summed E-state index contributed by atoms with van der Waals surface area (Å²) in [5.41, 5.74) is 6.13. The fraction of sp³-hybridized carbons (Fsp3) is 0.321. The van der Waals surface area contributed by atoms with Gasteiger partial charge in [0.05, 0.1) is 12.6 Å². The molecule has 0 spiro atoms. The Kier molecular flexibility index (Phi) is 5.96. The molecule has 1 unspecified atom stereocenters. The second-order valence-electron chi connectivity index (χ2n) is 9.33. The standard InChI is InChI=1S/C28H32N2O2/c1-19-10-9-13-23(26(19)32-5)21-14-15-25-24(16-21)22(17-28(2,3)29-25)18-30(4)27(31)20-11-7-6-8-12-20/h6-9,11-17,19,29H,10,18H2,1-5H3. The van der Waals surface area contributed by atoms with E-state index in [1.807, 2.05) is 37.4 Å². The van der Waals surface area contributed by atoms with E-state index in [2.05, 4.69) is 62.5 Å². The Labute approximate surface area is 191 Å². The van der Waals surface area contributed by atoms with Crippen molar-refractivity contribution >= 4 is 22.7 Å². The summed E-state index contributed by atoms with van der Waals surface area (Å²) in [5.74, 6) is 1.41. The maximum atomic E-state index is 13.0. The van der Waals surface area contributed by atoms with Crippen molar-refractivity contribution in [3.05, 3.63) is 89.2 Å². The molecular weight excluding hydrogens is 396 g/mol. The normalized spacial score (nSPS) is 19.0. The fourth-order valence-electron chi connectivity index (χ4n) is 4.64. The Hall–Kier alpha value is -3.27. The van der Waals surface area contributed by atoms with Gasteiger partial charge in [-0.2, -0.15) is 0 Å². The number of benzene rings is 2. The first-order chi connectivity index (χ1) is 15.3. The number of rotatable bonds is 5. The number of allylic oxidation sites excluding steroid dienone is 4. The zero-order valence-electron chi connectivity index (χ0n) is 19.6. The van der Waals surface area contributed by atoms with E-state index in [9.17, 15) is 4.79 Å². The summed E-state index contributed by atoms with van der Waals surface area (Å²) >= 11 is 0. The number of fused-ring (bicyclic) bond motifs is 1. The molecule has 2 aromatic rings. The quantitative estimate of drug-likeness (QED) is 0.635. The molecule has 0 saturated heterocycles. The largest absolute Gasteiger partial charge is 0.500 e. The number of hydrogen-bond acceptors (Lipinski definition) is 3. The van der Waals surface area contributed by atoms with Gasteiger partial charge in [0.1, 0.15) is 5.76 Å². The number of anilines is 1. The highest BCUT2D eigenvalue weighted by molar-refractivity contribution is 5.95. The molecule has 4 heteroatoms. The Morgan fingerprint density at radius 3 is 2.66 bits per heavy atom. The number of ether oxygens (including phenoxy) is 1. The maximum absolute atomic E-state index is 13.0. The molecule has 1 amide bonds. The van der Waals surface area contributed by atoms with Crippen molar-refractivity contribution in [3.63, 3.8) is 0 Å². The highest BCUT2D eigenvalue weighted by atomic mass is 16.5. The molecule has 1 atom stereocenters. The Bertz CT molecular complexity index is 1110. The summed E-state index contributed by atoms with van der Waals surface area (Å²) in [7, 11) is 3.62. The molecule has 0 saturated carbocycles. The van der Waals surface area contributed by atoms with Gasteiger partial charge < -0.3 is 15.0 Å². The lowest BCUT2D eigenvalue weighted by molar-refractivity contribution is 0.0812. The molecule has 1 aliphatic heterocycles. The first kappa shape index (κ1) is 21.9. The van der Waals surface area contributed by atoms with Crippen molar-refractivity contribution < 1.29 is 9.53 Å². The smallest absolute Gasteiger partial charge is 0.253 e. The van der Waals surface area contributed by atoms with Crippen molar-refractivity contribution in [3.8, 4) is 0 Å². The van der Waals surface area contributed by atoms with E-state index in [-0.39, 0.29) is 11.4 Å². The molecule has 4 nitrogen and oxygen atoms in total. The van der Waals surface area contributed by atoms with Gasteiger partial charge in [-0.1, -0.05) is 49.4 Å². The Balaban J connectivity index is 1.70. The first-order valence-electron chi connectivity index (χ1n) is 11.2. The van der Waals surface area contributed by atoms with Crippen LogP contribution in [0.25, 0.3) is 11.1 Å². The van der Waals surface area contributed by atoms with Crippen LogP contribution >= 0.6 is 0 Å². The lowest BCUT2D eigenvalue weighted by Crippen LogP contribution is -2.35. The van der Waals surface area contributed by atoms with Gasteiger partial charge in [-0.3, -0.25) is 4.79 Å². The van der Waals surface area contributed by atoms with Crippen LogP contribution in [-0.4, -0.2) is 37.0 Å². The lowest BCUT2D eigenvalue weighted by atomic mass is 9.86. The van der Waals surface area contributed by atoms with E-state index < -0.39 is 0 Å². The maximum Gasteiger partial charge on any atom is 0.253 e. The average Bonchev–Trinajstić information content (AvgIpc) is 2.78. The summed E-state index contributed by atoms with van der Waals surface area (Å²) in [4.78, 5) is 14.8. The van der Waals surface area contributed by atoms with E-state index in [4.69, 9.17) is 4.74 Å². The Morgan fingerprint density at radius 1 is 1.19 bits per heavy atom. The van der Waals surface area contributed by atoms with Crippen LogP contribution in [0.5, 0.6) is 0 Å². The number of methoxy groups -OCH3 is 1. The zero-order valence-corrected chi connectivity index (χ0v) is 19.6. The molecule has 1 N–H and O–H groups in total. The van der Waals surface area contributed by atoms with E-state index in [0.717, 1.165) is 40.1 Å². The van der Waals surface area contributed by atoms with Crippen molar-refractivity contribution in [1.29, 1.82) is 0 Å². The molecule has 2 aliphatic rings. The van der Waals surface area contributed by atoms with Crippen molar-refractivity contribution in [2.24, 2.45) is 5.92 Å². The van der Waals surface area contributed by atoms with Gasteiger partial charge in [-0.05, 0) is 55.7 Å². The molecule has 32 heavy (non-hydrogen) atoms. The number of nitrogens with one attached hydrogen (secondary N) is 1. The van der Waals surface area contributed by atoms with E-state index >= 15 is 0 Å². The molecule has 4 rings (SSSR count). The molecule has 1 aliphatic carbocycles. The van der Waals surface area contributed by atoms with Crippen LogP contribution in [0.3, 0.4) is 0 Å². The van der Waals surface area contributed by atoms with Crippen molar-refractivity contribution in [2.45, 2.75) is 32.7 Å². The monoisotopic (exact) mass is 428 g/mol. The van der Waals surface area contributed by atoms with Gasteiger partial charge in [-0.25, -0.2) is 0 Å². The predicted molar refractivity (Wildman–Crippen MR) is 132 cm³/mol. The first-order valence-corrected chi connectivity index (χ1v) is 11.2. The summed E-state index contributed by atoms with van der Waals surface area (Å²) in [6.07, 6.45) is 7.60. The SMILES string of the molecule is COC1=C(c2ccc3c(c2)C(CN(C)C(=O)c2ccccc2)=CC(C)(C)N3)C=CCC1C. The number of carbonyl (C=O) groups is 1. The van der Waals surface area contributed by atoms with E-state index in [1.165, 1.54) is 0 Å². The number of carbonyl (C=O) groups excluding carboxylic acids is 1. The summed E-state index contributed by atoms with van der Waals surface area (Å²) in [6, 6.07) is 16.0. The van der Waals surface area contributed by atoms with E-state index in [0.29, 0.717) is 18.0 Å². The third-order valence-corrected chi connectivity index (χ3v) is 6.15. The molecule has 2 aromatic carbocycles. The Morgan fingerprint density at radius 2 is 1.94 bits per heavy atom.